The number of nitrogens with one attached hydrogen (secondary N) is 1. The SMILES string of the molecule is CC(C)Cn1c(C2C3CCCC32)n[nH]c1=S. The molecule has 1 aromatic rings. The van der Waals surface area contributed by atoms with E-state index in [4.69, 9.17) is 12.2 Å². The van der Waals surface area contributed by atoms with Crippen LogP contribution in [0.4, 0.5) is 0 Å². The van der Waals surface area contributed by atoms with E-state index in [1.807, 2.05) is 0 Å². The lowest BCUT2D eigenvalue weighted by molar-refractivity contribution is 0.493. The quantitative estimate of drug-likeness (QED) is 0.820. The minimum Gasteiger partial charge on any atom is -0.304 e. The van der Waals surface area contributed by atoms with E-state index in [1.54, 1.807) is 0 Å². The van der Waals surface area contributed by atoms with Crippen molar-refractivity contribution >= 4 is 12.2 Å². The first-order valence-corrected chi connectivity index (χ1v) is 6.74. The van der Waals surface area contributed by atoms with Crippen molar-refractivity contribution in [2.45, 2.75) is 45.6 Å². The van der Waals surface area contributed by atoms with Gasteiger partial charge >= 0.3 is 0 Å². The van der Waals surface area contributed by atoms with Gasteiger partial charge in [0.05, 0.1) is 0 Å². The van der Waals surface area contributed by atoms with Gasteiger partial charge in [0.25, 0.3) is 0 Å². The lowest BCUT2D eigenvalue weighted by Gasteiger charge is -2.10. The van der Waals surface area contributed by atoms with E-state index in [9.17, 15) is 0 Å². The average molecular weight is 237 g/mol. The molecule has 0 aliphatic heterocycles. The Bertz CT molecular complexity index is 435. The Morgan fingerprint density at radius 2 is 2.12 bits per heavy atom. The summed E-state index contributed by atoms with van der Waals surface area (Å²) in [6.45, 7) is 5.46. The van der Waals surface area contributed by atoms with Crippen LogP contribution in [0.2, 0.25) is 0 Å². The minimum absolute atomic E-state index is 0.627. The van der Waals surface area contributed by atoms with Crippen LogP contribution in [-0.4, -0.2) is 14.8 Å². The third-order valence-corrected chi connectivity index (χ3v) is 4.35. The smallest absolute Gasteiger partial charge is 0.195 e. The van der Waals surface area contributed by atoms with Crippen molar-refractivity contribution in [3.05, 3.63) is 10.6 Å². The molecule has 0 bridgehead atoms. The fraction of sp³-hybridized carbons (Fsp3) is 0.833. The molecular formula is C12H19N3S. The maximum atomic E-state index is 5.31. The van der Waals surface area contributed by atoms with Gasteiger partial charge in [0, 0.05) is 12.5 Å². The van der Waals surface area contributed by atoms with Gasteiger partial charge in [-0.3, -0.25) is 5.10 Å². The van der Waals surface area contributed by atoms with Crippen molar-refractivity contribution in [2.24, 2.45) is 17.8 Å². The highest BCUT2D eigenvalue weighted by Gasteiger charge is 2.55. The van der Waals surface area contributed by atoms with Crippen molar-refractivity contribution < 1.29 is 0 Å². The Morgan fingerprint density at radius 3 is 2.75 bits per heavy atom. The molecule has 3 rings (SSSR count). The lowest BCUT2D eigenvalue weighted by atomic mass is 10.1. The normalized spacial score (nSPS) is 32.1. The summed E-state index contributed by atoms with van der Waals surface area (Å²) in [7, 11) is 0. The average Bonchev–Trinajstić information content (AvgIpc) is 2.63. The number of rotatable bonds is 3. The molecule has 2 fully saturated rings. The van der Waals surface area contributed by atoms with Crippen LogP contribution in [0.15, 0.2) is 0 Å². The zero-order valence-corrected chi connectivity index (χ0v) is 10.8. The summed E-state index contributed by atoms with van der Waals surface area (Å²) in [5, 5.41) is 7.43. The largest absolute Gasteiger partial charge is 0.304 e. The van der Waals surface area contributed by atoms with Crippen LogP contribution in [0.3, 0.4) is 0 Å². The third-order valence-electron chi connectivity index (χ3n) is 4.04. The van der Waals surface area contributed by atoms with Gasteiger partial charge in [-0.15, -0.1) is 0 Å². The van der Waals surface area contributed by atoms with Crippen LogP contribution < -0.4 is 0 Å². The molecule has 0 saturated heterocycles. The maximum Gasteiger partial charge on any atom is 0.195 e. The number of fused-ring (bicyclic) bond motifs is 1. The minimum atomic E-state index is 0.627. The summed E-state index contributed by atoms with van der Waals surface area (Å²) in [4.78, 5) is 0. The molecule has 1 heterocycles. The van der Waals surface area contributed by atoms with E-state index >= 15 is 0 Å². The highest BCUT2D eigenvalue weighted by Crippen LogP contribution is 2.62. The summed E-state index contributed by atoms with van der Waals surface area (Å²) in [5.74, 6) is 4.39. The number of hydrogen-bond acceptors (Lipinski definition) is 2. The molecule has 2 unspecified atom stereocenters. The van der Waals surface area contributed by atoms with Crippen molar-refractivity contribution in [3.8, 4) is 0 Å². The van der Waals surface area contributed by atoms with E-state index in [-0.39, 0.29) is 0 Å². The number of aromatic amines is 1. The standard InChI is InChI=1S/C12H19N3S/c1-7(2)6-15-11(13-14-12(15)16)10-8-4-3-5-9(8)10/h7-10H,3-6H2,1-2H3,(H,14,16). The molecule has 3 nitrogen and oxygen atoms in total. The summed E-state index contributed by atoms with van der Waals surface area (Å²) >= 11 is 5.31. The van der Waals surface area contributed by atoms with Crippen molar-refractivity contribution in [3.63, 3.8) is 0 Å². The van der Waals surface area contributed by atoms with Crippen molar-refractivity contribution in [1.29, 1.82) is 0 Å². The molecule has 2 atom stereocenters. The van der Waals surface area contributed by atoms with Crippen LogP contribution in [0.1, 0.15) is 44.9 Å². The molecule has 2 aliphatic rings. The fourth-order valence-corrected chi connectivity index (χ4v) is 3.54. The topological polar surface area (TPSA) is 33.6 Å². The van der Waals surface area contributed by atoms with Gasteiger partial charge in [-0.1, -0.05) is 20.3 Å². The second kappa shape index (κ2) is 3.69. The number of H-pyrrole nitrogens is 1. The third kappa shape index (κ3) is 1.54. The van der Waals surface area contributed by atoms with Gasteiger partial charge in [-0.2, -0.15) is 5.10 Å². The van der Waals surface area contributed by atoms with Gasteiger partial charge in [-0.05, 0) is 42.8 Å². The molecule has 1 aromatic heterocycles. The molecule has 2 saturated carbocycles. The first kappa shape index (κ1) is 10.5. The van der Waals surface area contributed by atoms with E-state index in [1.165, 1.54) is 25.1 Å². The first-order chi connectivity index (χ1) is 7.68. The van der Waals surface area contributed by atoms with Crippen LogP contribution in [0.5, 0.6) is 0 Å². The van der Waals surface area contributed by atoms with Gasteiger partial charge in [0.15, 0.2) is 4.77 Å². The Kier molecular flexibility index (Phi) is 2.42. The van der Waals surface area contributed by atoms with Gasteiger partial charge in [0.1, 0.15) is 5.82 Å². The monoisotopic (exact) mass is 237 g/mol. The van der Waals surface area contributed by atoms with E-state index < -0.39 is 0 Å². The Balaban J connectivity index is 1.87. The summed E-state index contributed by atoms with van der Waals surface area (Å²) in [6, 6.07) is 0. The highest BCUT2D eigenvalue weighted by atomic mass is 32.1. The van der Waals surface area contributed by atoms with Crippen LogP contribution in [-0.2, 0) is 6.54 Å². The number of aromatic nitrogens is 3. The summed E-state index contributed by atoms with van der Waals surface area (Å²) in [6.07, 6.45) is 4.22. The van der Waals surface area contributed by atoms with Gasteiger partial charge < -0.3 is 4.57 Å². The Labute approximate surface area is 101 Å². The second-order valence-electron chi connectivity index (χ2n) is 5.68. The molecule has 0 amide bonds. The van der Waals surface area contributed by atoms with E-state index in [0.29, 0.717) is 11.8 Å². The summed E-state index contributed by atoms with van der Waals surface area (Å²) < 4.78 is 3.02. The van der Waals surface area contributed by atoms with Crippen molar-refractivity contribution in [1.82, 2.24) is 14.8 Å². The molecule has 4 heteroatoms. The van der Waals surface area contributed by atoms with Gasteiger partial charge in [0.2, 0.25) is 0 Å². The molecule has 1 N–H and O–H groups in total. The maximum absolute atomic E-state index is 5.31. The molecule has 88 valence electrons. The first-order valence-electron chi connectivity index (χ1n) is 6.33. The molecule has 0 radical (unpaired) electrons. The van der Waals surface area contributed by atoms with Crippen molar-refractivity contribution in [2.75, 3.05) is 0 Å². The molecule has 16 heavy (non-hydrogen) atoms. The number of hydrogen-bond donors (Lipinski definition) is 1. The predicted molar refractivity (Wildman–Crippen MR) is 65.8 cm³/mol. The fourth-order valence-electron chi connectivity index (χ4n) is 3.33. The van der Waals surface area contributed by atoms with Crippen LogP contribution >= 0.6 is 12.2 Å². The molecule has 2 aliphatic carbocycles. The summed E-state index contributed by atoms with van der Waals surface area (Å²) in [5.41, 5.74) is 0. The Hall–Kier alpha value is -0.640. The number of nitrogens with zero attached hydrogens (tertiary/aromatic N) is 2. The van der Waals surface area contributed by atoms with E-state index in [2.05, 4.69) is 28.6 Å². The second-order valence-corrected chi connectivity index (χ2v) is 6.06. The zero-order chi connectivity index (χ0) is 11.3. The van der Waals surface area contributed by atoms with E-state index in [0.717, 1.165) is 23.2 Å². The molecule has 0 aromatic carbocycles. The highest BCUT2D eigenvalue weighted by molar-refractivity contribution is 7.71. The molecule has 0 spiro atoms. The van der Waals surface area contributed by atoms with Crippen LogP contribution in [0.25, 0.3) is 0 Å². The van der Waals surface area contributed by atoms with Crippen LogP contribution in [0, 0.1) is 22.5 Å². The molecular weight excluding hydrogens is 218 g/mol. The zero-order valence-electron chi connectivity index (χ0n) is 9.94. The lowest BCUT2D eigenvalue weighted by Crippen LogP contribution is -2.09. The van der Waals surface area contributed by atoms with Gasteiger partial charge in [-0.25, -0.2) is 0 Å². The Morgan fingerprint density at radius 1 is 1.44 bits per heavy atom. The predicted octanol–water partition coefficient (Wildman–Crippen LogP) is 3.11.